The summed E-state index contributed by atoms with van der Waals surface area (Å²) in [6.45, 7) is 2.56. The number of carbonyl (C=O) groups excluding carboxylic acids is 1. The Balaban J connectivity index is 2.42. The van der Waals surface area contributed by atoms with Crippen LogP contribution in [-0.2, 0) is 11.3 Å². The lowest BCUT2D eigenvalue weighted by Gasteiger charge is -2.05. The maximum absolute atomic E-state index is 11.4. The Hall–Kier alpha value is -0.730. The molecule has 0 bridgehead atoms. The number of amides is 1. The Bertz CT molecular complexity index is 366. The molecular weight excluding hydrogens is 245 g/mol. The molecule has 1 aromatic carbocycles. The van der Waals surface area contributed by atoms with Gasteiger partial charge < -0.3 is 5.32 Å². The van der Waals surface area contributed by atoms with E-state index in [2.05, 4.69) is 12.2 Å². The third kappa shape index (κ3) is 4.42. The van der Waals surface area contributed by atoms with Crippen molar-refractivity contribution in [1.29, 1.82) is 0 Å². The molecule has 0 aliphatic carbocycles. The van der Waals surface area contributed by atoms with Crippen LogP contribution in [0.5, 0.6) is 0 Å². The number of nitrogens with one attached hydrogen (secondary N) is 1. The van der Waals surface area contributed by atoms with Crippen LogP contribution in [0.2, 0.25) is 10.0 Å². The minimum atomic E-state index is 0.0768. The molecule has 0 fully saturated rings. The number of unbranched alkanes of at least 4 members (excludes halogenated alkanes) is 1. The van der Waals surface area contributed by atoms with Gasteiger partial charge in [-0.2, -0.15) is 0 Å². The maximum atomic E-state index is 11.4. The lowest BCUT2D eigenvalue weighted by atomic mass is 10.2. The molecule has 4 heteroatoms. The zero-order chi connectivity index (χ0) is 12.0. The van der Waals surface area contributed by atoms with Crippen molar-refractivity contribution >= 4 is 29.1 Å². The highest BCUT2D eigenvalue weighted by atomic mass is 35.5. The van der Waals surface area contributed by atoms with Gasteiger partial charge in [-0.15, -0.1) is 0 Å². The first-order valence-electron chi connectivity index (χ1n) is 5.34. The van der Waals surface area contributed by atoms with Gasteiger partial charge in [-0.1, -0.05) is 42.6 Å². The first-order chi connectivity index (χ1) is 7.63. The van der Waals surface area contributed by atoms with Crippen LogP contribution in [0.25, 0.3) is 0 Å². The van der Waals surface area contributed by atoms with Crippen LogP contribution in [0.4, 0.5) is 0 Å². The molecule has 0 spiro atoms. The first kappa shape index (κ1) is 13.3. The van der Waals surface area contributed by atoms with Gasteiger partial charge in [-0.3, -0.25) is 4.79 Å². The summed E-state index contributed by atoms with van der Waals surface area (Å²) >= 11 is 11.7. The van der Waals surface area contributed by atoms with E-state index in [1.807, 2.05) is 6.07 Å². The average molecular weight is 260 g/mol. The van der Waals surface area contributed by atoms with Gasteiger partial charge in [-0.05, 0) is 24.1 Å². The number of hydrogen-bond acceptors (Lipinski definition) is 1. The van der Waals surface area contributed by atoms with Crippen LogP contribution in [0.3, 0.4) is 0 Å². The highest BCUT2D eigenvalue weighted by Crippen LogP contribution is 2.22. The molecule has 1 N–H and O–H groups in total. The molecule has 0 unspecified atom stereocenters. The SMILES string of the molecule is CCCCC(=O)NCc1ccc(Cl)c(Cl)c1. The summed E-state index contributed by atoms with van der Waals surface area (Å²) in [4.78, 5) is 11.4. The van der Waals surface area contributed by atoms with Crippen molar-refractivity contribution in [2.75, 3.05) is 0 Å². The minimum absolute atomic E-state index is 0.0768. The molecule has 0 aliphatic heterocycles. The van der Waals surface area contributed by atoms with Crippen molar-refractivity contribution in [2.24, 2.45) is 0 Å². The van der Waals surface area contributed by atoms with Gasteiger partial charge >= 0.3 is 0 Å². The van der Waals surface area contributed by atoms with Crippen molar-refractivity contribution in [2.45, 2.75) is 32.7 Å². The molecule has 2 nitrogen and oxygen atoms in total. The summed E-state index contributed by atoms with van der Waals surface area (Å²) in [5.41, 5.74) is 0.958. The lowest BCUT2D eigenvalue weighted by molar-refractivity contribution is -0.121. The predicted octanol–water partition coefficient (Wildman–Crippen LogP) is 3.80. The van der Waals surface area contributed by atoms with E-state index in [0.29, 0.717) is 23.0 Å². The van der Waals surface area contributed by atoms with Crippen LogP contribution in [0.1, 0.15) is 31.7 Å². The molecule has 1 aromatic rings. The Labute approximate surface area is 106 Å². The number of halogens is 2. The van der Waals surface area contributed by atoms with E-state index in [0.717, 1.165) is 18.4 Å². The summed E-state index contributed by atoms with van der Waals surface area (Å²) in [6.07, 6.45) is 2.53. The van der Waals surface area contributed by atoms with Gasteiger partial charge in [0.2, 0.25) is 5.91 Å². The third-order valence-electron chi connectivity index (χ3n) is 2.23. The van der Waals surface area contributed by atoms with Crippen LogP contribution < -0.4 is 5.32 Å². The highest BCUT2D eigenvalue weighted by Gasteiger charge is 2.02. The summed E-state index contributed by atoms with van der Waals surface area (Å²) in [7, 11) is 0. The molecule has 1 amide bonds. The van der Waals surface area contributed by atoms with Gasteiger partial charge in [0.05, 0.1) is 10.0 Å². The molecule has 88 valence electrons. The number of hydrogen-bond donors (Lipinski definition) is 1. The molecular formula is C12H15Cl2NO. The van der Waals surface area contributed by atoms with Gasteiger partial charge in [0.15, 0.2) is 0 Å². The van der Waals surface area contributed by atoms with E-state index in [4.69, 9.17) is 23.2 Å². The first-order valence-corrected chi connectivity index (χ1v) is 6.09. The highest BCUT2D eigenvalue weighted by molar-refractivity contribution is 6.42. The average Bonchev–Trinajstić information content (AvgIpc) is 2.28. The zero-order valence-electron chi connectivity index (χ0n) is 9.22. The monoisotopic (exact) mass is 259 g/mol. The van der Waals surface area contributed by atoms with E-state index in [9.17, 15) is 4.79 Å². The fourth-order valence-corrected chi connectivity index (χ4v) is 1.60. The van der Waals surface area contributed by atoms with E-state index in [1.54, 1.807) is 12.1 Å². The fraction of sp³-hybridized carbons (Fsp3) is 0.417. The van der Waals surface area contributed by atoms with Crippen LogP contribution >= 0.6 is 23.2 Å². The van der Waals surface area contributed by atoms with E-state index in [1.165, 1.54) is 0 Å². The Morgan fingerprint density at radius 2 is 2.06 bits per heavy atom. The lowest BCUT2D eigenvalue weighted by Crippen LogP contribution is -2.22. The molecule has 0 atom stereocenters. The van der Waals surface area contributed by atoms with Crippen LogP contribution in [-0.4, -0.2) is 5.91 Å². The summed E-state index contributed by atoms with van der Waals surface area (Å²) in [6, 6.07) is 5.36. The summed E-state index contributed by atoms with van der Waals surface area (Å²) in [5.74, 6) is 0.0768. The third-order valence-corrected chi connectivity index (χ3v) is 2.97. The second-order valence-electron chi connectivity index (χ2n) is 3.63. The predicted molar refractivity (Wildman–Crippen MR) is 67.8 cm³/mol. The smallest absolute Gasteiger partial charge is 0.220 e. The minimum Gasteiger partial charge on any atom is -0.352 e. The number of rotatable bonds is 5. The van der Waals surface area contributed by atoms with Crippen molar-refractivity contribution < 1.29 is 4.79 Å². The fourth-order valence-electron chi connectivity index (χ4n) is 1.28. The molecule has 0 heterocycles. The van der Waals surface area contributed by atoms with E-state index >= 15 is 0 Å². The molecule has 0 aromatic heterocycles. The number of carbonyl (C=O) groups is 1. The largest absolute Gasteiger partial charge is 0.352 e. The summed E-state index contributed by atoms with van der Waals surface area (Å²) in [5, 5.41) is 3.89. The normalized spacial score (nSPS) is 10.2. The topological polar surface area (TPSA) is 29.1 Å². The molecule has 0 saturated heterocycles. The Morgan fingerprint density at radius 1 is 1.31 bits per heavy atom. The molecule has 0 saturated carbocycles. The molecule has 0 aliphatic rings. The molecule has 0 radical (unpaired) electrons. The maximum Gasteiger partial charge on any atom is 0.220 e. The van der Waals surface area contributed by atoms with E-state index in [-0.39, 0.29) is 5.91 Å². The Kier molecular flexibility index (Phi) is 5.64. The van der Waals surface area contributed by atoms with Crippen LogP contribution in [0, 0.1) is 0 Å². The van der Waals surface area contributed by atoms with Crippen molar-refractivity contribution in [3.8, 4) is 0 Å². The molecule has 1 rings (SSSR count). The van der Waals surface area contributed by atoms with Crippen LogP contribution in [0.15, 0.2) is 18.2 Å². The van der Waals surface area contributed by atoms with Gasteiger partial charge in [0, 0.05) is 13.0 Å². The second kappa shape index (κ2) is 6.77. The quantitative estimate of drug-likeness (QED) is 0.857. The zero-order valence-corrected chi connectivity index (χ0v) is 10.7. The van der Waals surface area contributed by atoms with Crippen molar-refractivity contribution in [3.63, 3.8) is 0 Å². The second-order valence-corrected chi connectivity index (χ2v) is 4.44. The van der Waals surface area contributed by atoms with Gasteiger partial charge in [-0.25, -0.2) is 0 Å². The van der Waals surface area contributed by atoms with E-state index < -0.39 is 0 Å². The Morgan fingerprint density at radius 3 is 2.69 bits per heavy atom. The number of benzene rings is 1. The summed E-state index contributed by atoms with van der Waals surface area (Å²) < 4.78 is 0. The molecule has 16 heavy (non-hydrogen) atoms. The van der Waals surface area contributed by atoms with Crippen molar-refractivity contribution in [3.05, 3.63) is 33.8 Å². The van der Waals surface area contributed by atoms with Crippen molar-refractivity contribution in [1.82, 2.24) is 5.32 Å². The van der Waals surface area contributed by atoms with Gasteiger partial charge in [0.25, 0.3) is 0 Å². The standard InChI is InChI=1S/C12H15Cl2NO/c1-2-3-4-12(16)15-8-9-5-6-10(13)11(14)7-9/h5-7H,2-4,8H2,1H3,(H,15,16). The van der Waals surface area contributed by atoms with Gasteiger partial charge in [0.1, 0.15) is 0 Å².